The number of carbonyl (C=O) groups excluding carboxylic acids is 1. The Labute approximate surface area is 128 Å². The fourth-order valence-corrected chi connectivity index (χ4v) is 1.97. The van der Waals surface area contributed by atoms with Crippen molar-refractivity contribution in [2.75, 3.05) is 6.54 Å². The monoisotopic (exact) mass is 305 g/mol. The molecule has 1 heterocycles. The topological polar surface area (TPSA) is 72.7 Å². The molecule has 1 N–H and O–H groups in total. The minimum Gasteiger partial charge on any atom is -0.354 e. The average molecular weight is 305 g/mol. The van der Waals surface area contributed by atoms with E-state index < -0.39 is 6.04 Å². The number of unbranched alkanes of at least 4 members (excludes halogenated alkanes) is 2. The molecule has 0 bridgehead atoms. The zero-order chi connectivity index (χ0) is 15.9. The van der Waals surface area contributed by atoms with E-state index in [1.54, 1.807) is 19.1 Å². The molecule has 1 amide bonds. The van der Waals surface area contributed by atoms with Crippen LogP contribution in [0.5, 0.6) is 0 Å². The molecule has 0 aliphatic heterocycles. The van der Waals surface area contributed by atoms with Gasteiger partial charge in [-0.05, 0) is 30.7 Å². The maximum Gasteiger partial charge on any atom is 0.246 e. The van der Waals surface area contributed by atoms with Gasteiger partial charge in [0.15, 0.2) is 0 Å². The van der Waals surface area contributed by atoms with E-state index in [0.717, 1.165) is 19.3 Å². The number of rotatable bonds is 7. The molecule has 0 fully saturated rings. The highest BCUT2D eigenvalue weighted by molar-refractivity contribution is 5.79. The second kappa shape index (κ2) is 7.63. The number of hydrogen-bond donors (Lipinski definition) is 1. The van der Waals surface area contributed by atoms with Crippen LogP contribution in [0.15, 0.2) is 24.3 Å². The van der Waals surface area contributed by atoms with E-state index in [1.165, 1.54) is 16.9 Å². The lowest BCUT2D eigenvalue weighted by molar-refractivity contribution is -0.124. The third-order valence-corrected chi connectivity index (χ3v) is 3.32. The van der Waals surface area contributed by atoms with Crippen molar-refractivity contribution in [1.29, 1.82) is 0 Å². The highest BCUT2D eigenvalue weighted by Crippen LogP contribution is 2.15. The number of halogens is 1. The van der Waals surface area contributed by atoms with Crippen molar-refractivity contribution in [3.05, 3.63) is 30.1 Å². The Balaban J connectivity index is 1.99. The summed E-state index contributed by atoms with van der Waals surface area (Å²) in [5, 5.41) is 14.8. The number of aromatic nitrogens is 4. The average Bonchev–Trinajstić information content (AvgIpc) is 3.00. The number of carbonyl (C=O) groups is 1. The first-order valence-corrected chi connectivity index (χ1v) is 7.45. The SMILES string of the molecule is CCCCCNC(=O)C(C)n1nnc(-c2cccc(F)c2)n1. The molecule has 22 heavy (non-hydrogen) atoms. The number of tetrazole rings is 1. The van der Waals surface area contributed by atoms with E-state index in [0.29, 0.717) is 17.9 Å². The smallest absolute Gasteiger partial charge is 0.246 e. The molecule has 0 spiro atoms. The summed E-state index contributed by atoms with van der Waals surface area (Å²) < 4.78 is 13.2. The second-order valence-electron chi connectivity index (χ2n) is 5.12. The lowest BCUT2D eigenvalue weighted by atomic mass is 10.2. The fourth-order valence-electron chi connectivity index (χ4n) is 1.97. The molecule has 1 unspecified atom stereocenters. The van der Waals surface area contributed by atoms with Crippen molar-refractivity contribution in [2.45, 2.75) is 39.2 Å². The highest BCUT2D eigenvalue weighted by atomic mass is 19.1. The normalized spacial score (nSPS) is 12.1. The van der Waals surface area contributed by atoms with Gasteiger partial charge in [-0.3, -0.25) is 4.79 Å². The molecule has 1 aromatic carbocycles. The first-order chi connectivity index (χ1) is 10.6. The van der Waals surface area contributed by atoms with Gasteiger partial charge < -0.3 is 5.32 Å². The Hall–Kier alpha value is -2.31. The van der Waals surface area contributed by atoms with E-state index in [9.17, 15) is 9.18 Å². The molecule has 0 aliphatic carbocycles. The van der Waals surface area contributed by atoms with Crippen molar-refractivity contribution in [3.63, 3.8) is 0 Å². The minimum atomic E-state index is -0.559. The van der Waals surface area contributed by atoms with Crippen LogP contribution in [0.25, 0.3) is 11.4 Å². The molecule has 7 heteroatoms. The molecule has 0 radical (unpaired) electrons. The number of nitrogens with zero attached hydrogens (tertiary/aromatic N) is 4. The molecule has 118 valence electrons. The van der Waals surface area contributed by atoms with Crippen LogP contribution in [-0.2, 0) is 4.79 Å². The van der Waals surface area contributed by atoms with Gasteiger partial charge in [0.05, 0.1) is 0 Å². The lowest BCUT2D eigenvalue weighted by Gasteiger charge is -2.10. The Morgan fingerprint density at radius 1 is 1.41 bits per heavy atom. The quantitative estimate of drug-likeness (QED) is 0.797. The van der Waals surface area contributed by atoms with Gasteiger partial charge in [0.2, 0.25) is 11.7 Å². The number of hydrogen-bond acceptors (Lipinski definition) is 4. The number of amides is 1. The molecule has 2 rings (SSSR count). The molecule has 0 saturated heterocycles. The van der Waals surface area contributed by atoms with Gasteiger partial charge in [-0.15, -0.1) is 10.2 Å². The van der Waals surface area contributed by atoms with Gasteiger partial charge in [-0.25, -0.2) is 4.39 Å². The molecule has 1 aromatic heterocycles. The first kappa shape index (κ1) is 16.1. The van der Waals surface area contributed by atoms with E-state index in [-0.39, 0.29) is 11.7 Å². The van der Waals surface area contributed by atoms with Crippen molar-refractivity contribution in [3.8, 4) is 11.4 Å². The van der Waals surface area contributed by atoms with Gasteiger partial charge in [0.25, 0.3) is 0 Å². The van der Waals surface area contributed by atoms with Gasteiger partial charge in [0, 0.05) is 12.1 Å². The van der Waals surface area contributed by atoms with Gasteiger partial charge >= 0.3 is 0 Å². The fraction of sp³-hybridized carbons (Fsp3) is 0.467. The summed E-state index contributed by atoms with van der Waals surface area (Å²) in [6.07, 6.45) is 3.14. The number of benzene rings is 1. The second-order valence-corrected chi connectivity index (χ2v) is 5.12. The van der Waals surface area contributed by atoms with Gasteiger partial charge in [-0.1, -0.05) is 31.9 Å². The molecular formula is C15H20FN5O. The largest absolute Gasteiger partial charge is 0.354 e. The van der Waals surface area contributed by atoms with Crippen LogP contribution in [0.4, 0.5) is 4.39 Å². The van der Waals surface area contributed by atoms with Crippen molar-refractivity contribution in [1.82, 2.24) is 25.5 Å². The first-order valence-electron chi connectivity index (χ1n) is 7.45. The van der Waals surface area contributed by atoms with Crippen molar-refractivity contribution < 1.29 is 9.18 Å². The third-order valence-electron chi connectivity index (χ3n) is 3.32. The molecule has 0 saturated carbocycles. The molecule has 1 atom stereocenters. The maximum absolute atomic E-state index is 13.2. The summed E-state index contributed by atoms with van der Waals surface area (Å²) in [4.78, 5) is 13.3. The summed E-state index contributed by atoms with van der Waals surface area (Å²) in [5.74, 6) is -0.222. The van der Waals surface area contributed by atoms with Crippen LogP contribution in [0.3, 0.4) is 0 Å². The zero-order valence-electron chi connectivity index (χ0n) is 12.8. The Bertz CT molecular complexity index is 628. The van der Waals surface area contributed by atoms with Crippen LogP contribution in [0, 0.1) is 5.82 Å². The summed E-state index contributed by atoms with van der Waals surface area (Å²) in [6, 6.07) is 5.39. The summed E-state index contributed by atoms with van der Waals surface area (Å²) in [7, 11) is 0. The lowest BCUT2D eigenvalue weighted by Crippen LogP contribution is -2.32. The van der Waals surface area contributed by atoms with E-state index in [4.69, 9.17) is 0 Å². The Kier molecular flexibility index (Phi) is 5.57. The van der Waals surface area contributed by atoms with Gasteiger partial charge in [-0.2, -0.15) is 4.80 Å². The predicted molar refractivity (Wildman–Crippen MR) is 80.5 cm³/mol. The summed E-state index contributed by atoms with van der Waals surface area (Å²) in [6.45, 7) is 4.45. The highest BCUT2D eigenvalue weighted by Gasteiger charge is 2.18. The minimum absolute atomic E-state index is 0.153. The third kappa shape index (κ3) is 4.09. The summed E-state index contributed by atoms with van der Waals surface area (Å²) in [5.41, 5.74) is 0.529. The molecular weight excluding hydrogens is 285 g/mol. The van der Waals surface area contributed by atoms with Crippen LogP contribution < -0.4 is 5.32 Å². The van der Waals surface area contributed by atoms with E-state index in [1.807, 2.05) is 0 Å². The van der Waals surface area contributed by atoms with Crippen LogP contribution in [0.2, 0.25) is 0 Å². The van der Waals surface area contributed by atoms with Gasteiger partial charge in [0.1, 0.15) is 11.9 Å². The standard InChI is InChI=1S/C15H20FN5O/c1-3-4-5-9-17-15(22)11(2)21-19-14(18-20-21)12-7-6-8-13(16)10-12/h6-8,10-11H,3-5,9H2,1-2H3,(H,17,22). The van der Waals surface area contributed by atoms with Crippen LogP contribution in [-0.4, -0.2) is 32.7 Å². The van der Waals surface area contributed by atoms with Crippen LogP contribution in [0.1, 0.15) is 39.2 Å². The van der Waals surface area contributed by atoms with E-state index >= 15 is 0 Å². The predicted octanol–water partition coefficient (Wildman–Crippen LogP) is 2.35. The molecule has 6 nitrogen and oxygen atoms in total. The van der Waals surface area contributed by atoms with Crippen molar-refractivity contribution >= 4 is 5.91 Å². The van der Waals surface area contributed by atoms with E-state index in [2.05, 4.69) is 27.7 Å². The Morgan fingerprint density at radius 3 is 2.95 bits per heavy atom. The Morgan fingerprint density at radius 2 is 2.23 bits per heavy atom. The van der Waals surface area contributed by atoms with Crippen molar-refractivity contribution in [2.24, 2.45) is 0 Å². The van der Waals surface area contributed by atoms with Crippen LogP contribution >= 0.6 is 0 Å². The maximum atomic E-state index is 13.2. The molecule has 0 aliphatic rings. The molecule has 2 aromatic rings. The zero-order valence-corrected chi connectivity index (χ0v) is 12.8. The summed E-state index contributed by atoms with van der Waals surface area (Å²) >= 11 is 0. The number of nitrogens with one attached hydrogen (secondary N) is 1.